The van der Waals surface area contributed by atoms with Crippen molar-refractivity contribution in [1.29, 1.82) is 0 Å². The van der Waals surface area contributed by atoms with Crippen LogP contribution in [-0.2, 0) is 13.5 Å². The molecule has 0 aliphatic carbocycles. The maximum atomic E-state index is 13.1. The molecule has 0 aliphatic rings. The molecular formula is C12H16ClFN2. The van der Waals surface area contributed by atoms with Crippen LogP contribution in [0.4, 0.5) is 4.39 Å². The predicted octanol–water partition coefficient (Wildman–Crippen LogP) is 2.63. The van der Waals surface area contributed by atoms with Crippen molar-refractivity contribution in [2.75, 3.05) is 0 Å². The molecule has 0 saturated carbocycles. The average molecular weight is 243 g/mol. The molecule has 88 valence electrons. The van der Waals surface area contributed by atoms with Gasteiger partial charge in [0, 0.05) is 30.2 Å². The Morgan fingerprint density at radius 1 is 1.44 bits per heavy atom. The molecule has 2 N–H and O–H groups in total. The molecule has 1 heterocycles. The Labute approximate surface area is 101 Å². The zero-order valence-corrected chi connectivity index (χ0v) is 10.2. The molecule has 16 heavy (non-hydrogen) atoms. The standard InChI is InChI=1S/C12H15FN2.ClH/c1-8(14)5-9-7-15(2)12-4-3-10(13)6-11(9)12;/h3-4,6-8H,5,14H2,1-2H3;1H. The maximum Gasteiger partial charge on any atom is 0.123 e. The number of hydrogen-bond donors (Lipinski definition) is 1. The van der Waals surface area contributed by atoms with Crippen molar-refractivity contribution in [3.8, 4) is 0 Å². The Morgan fingerprint density at radius 2 is 2.12 bits per heavy atom. The first kappa shape index (κ1) is 13.0. The van der Waals surface area contributed by atoms with Crippen LogP contribution in [0.3, 0.4) is 0 Å². The highest BCUT2D eigenvalue weighted by Crippen LogP contribution is 2.22. The summed E-state index contributed by atoms with van der Waals surface area (Å²) in [6.45, 7) is 1.96. The van der Waals surface area contributed by atoms with Crippen LogP contribution in [0, 0.1) is 5.82 Å². The molecule has 0 amide bonds. The zero-order chi connectivity index (χ0) is 11.0. The average Bonchev–Trinajstić information content (AvgIpc) is 2.42. The summed E-state index contributed by atoms with van der Waals surface area (Å²) in [5.74, 6) is -0.195. The second-order valence-electron chi connectivity index (χ2n) is 4.11. The van der Waals surface area contributed by atoms with Crippen LogP contribution < -0.4 is 5.73 Å². The third-order valence-corrected chi connectivity index (χ3v) is 2.58. The van der Waals surface area contributed by atoms with Crippen LogP contribution in [0.1, 0.15) is 12.5 Å². The molecule has 0 aliphatic heterocycles. The molecule has 1 unspecified atom stereocenters. The Kier molecular flexibility index (Phi) is 3.94. The Balaban J connectivity index is 0.00000128. The van der Waals surface area contributed by atoms with E-state index in [9.17, 15) is 4.39 Å². The van der Waals surface area contributed by atoms with E-state index in [0.717, 1.165) is 22.9 Å². The normalized spacial score (nSPS) is 12.5. The highest BCUT2D eigenvalue weighted by atomic mass is 35.5. The van der Waals surface area contributed by atoms with Gasteiger partial charge in [0.1, 0.15) is 5.82 Å². The maximum absolute atomic E-state index is 13.1. The van der Waals surface area contributed by atoms with E-state index < -0.39 is 0 Å². The minimum absolute atomic E-state index is 0. The smallest absolute Gasteiger partial charge is 0.123 e. The number of nitrogens with two attached hydrogens (primary N) is 1. The van der Waals surface area contributed by atoms with Crippen LogP contribution in [0.5, 0.6) is 0 Å². The monoisotopic (exact) mass is 242 g/mol. The van der Waals surface area contributed by atoms with Gasteiger partial charge < -0.3 is 10.3 Å². The summed E-state index contributed by atoms with van der Waals surface area (Å²) < 4.78 is 15.1. The van der Waals surface area contributed by atoms with Crippen molar-refractivity contribution >= 4 is 23.3 Å². The van der Waals surface area contributed by atoms with E-state index in [-0.39, 0.29) is 24.3 Å². The molecule has 0 radical (unpaired) electrons. The largest absolute Gasteiger partial charge is 0.350 e. The molecule has 0 saturated heterocycles. The molecule has 1 aromatic heterocycles. The zero-order valence-electron chi connectivity index (χ0n) is 9.40. The number of aromatic nitrogens is 1. The van der Waals surface area contributed by atoms with E-state index in [1.165, 1.54) is 6.07 Å². The van der Waals surface area contributed by atoms with E-state index in [2.05, 4.69) is 0 Å². The lowest BCUT2D eigenvalue weighted by Crippen LogP contribution is -2.17. The fourth-order valence-corrected chi connectivity index (χ4v) is 1.96. The van der Waals surface area contributed by atoms with Crippen molar-refractivity contribution in [2.24, 2.45) is 12.8 Å². The second kappa shape index (κ2) is 4.85. The predicted molar refractivity (Wildman–Crippen MR) is 67.5 cm³/mol. The Hall–Kier alpha value is -1.06. The van der Waals surface area contributed by atoms with Crippen molar-refractivity contribution in [1.82, 2.24) is 4.57 Å². The molecule has 0 fully saturated rings. The van der Waals surface area contributed by atoms with E-state index in [1.807, 2.05) is 24.7 Å². The second-order valence-corrected chi connectivity index (χ2v) is 4.11. The Morgan fingerprint density at radius 3 is 2.75 bits per heavy atom. The molecule has 1 atom stereocenters. The van der Waals surface area contributed by atoms with E-state index in [0.29, 0.717) is 0 Å². The highest BCUT2D eigenvalue weighted by Gasteiger charge is 2.08. The summed E-state index contributed by atoms with van der Waals surface area (Å²) in [7, 11) is 1.96. The van der Waals surface area contributed by atoms with Gasteiger partial charge in [-0.3, -0.25) is 0 Å². The minimum Gasteiger partial charge on any atom is -0.350 e. The van der Waals surface area contributed by atoms with Gasteiger partial charge in [0.15, 0.2) is 0 Å². The molecule has 2 aromatic rings. The van der Waals surface area contributed by atoms with E-state index >= 15 is 0 Å². The first-order valence-electron chi connectivity index (χ1n) is 5.07. The van der Waals surface area contributed by atoms with Gasteiger partial charge in [-0.2, -0.15) is 0 Å². The third-order valence-electron chi connectivity index (χ3n) is 2.58. The fraction of sp³-hybridized carbons (Fsp3) is 0.333. The van der Waals surface area contributed by atoms with Crippen molar-refractivity contribution in [3.63, 3.8) is 0 Å². The summed E-state index contributed by atoms with van der Waals surface area (Å²) in [5, 5.41) is 0.967. The lowest BCUT2D eigenvalue weighted by Gasteiger charge is -2.02. The summed E-state index contributed by atoms with van der Waals surface area (Å²) >= 11 is 0. The quantitative estimate of drug-likeness (QED) is 0.863. The van der Waals surface area contributed by atoms with Crippen molar-refractivity contribution < 1.29 is 4.39 Å². The molecule has 0 bridgehead atoms. The van der Waals surface area contributed by atoms with Gasteiger partial charge in [-0.15, -0.1) is 12.4 Å². The number of nitrogens with zero attached hydrogens (tertiary/aromatic N) is 1. The summed E-state index contributed by atoms with van der Waals surface area (Å²) in [6.07, 6.45) is 2.80. The summed E-state index contributed by atoms with van der Waals surface area (Å²) in [6, 6.07) is 4.96. The Bertz CT molecular complexity index is 491. The van der Waals surface area contributed by atoms with Crippen molar-refractivity contribution in [2.45, 2.75) is 19.4 Å². The van der Waals surface area contributed by atoms with Crippen molar-refractivity contribution in [3.05, 3.63) is 35.8 Å². The van der Waals surface area contributed by atoms with Gasteiger partial charge in [0.05, 0.1) is 0 Å². The summed E-state index contributed by atoms with van der Waals surface area (Å²) in [5.41, 5.74) is 7.92. The first-order chi connectivity index (χ1) is 7.08. The topological polar surface area (TPSA) is 30.9 Å². The van der Waals surface area contributed by atoms with Gasteiger partial charge in [-0.05, 0) is 37.1 Å². The van der Waals surface area contributed by atoms with Crippen LogP contribution in [0.2, 0.25) is 0 Å². The van der Waals surface area contributed by atoms with Crippen LogP contribution in [0.25, 0.3) is 10.9 Å². The fourth-order valence-electron chi connectivity index (χ4n) is 1.96. The minimum atomic E-state index is -0.195. The van der Waals surface area contributed by atoms with E-state index in [1.54, 1.807) is 12.1 Å². The number of rotatable bonds is 2. The molecule has 1 aromatic carbocycles. The van der Waals surface area contributed by atoms with Crippen LogP contribution in [-0.4, -0.2) is 10.6 Å². The van der Waals surface area contributed by atoms with Crippen LogP contribution >= 0.6 is 12.4 Å². The number of halogens is 2. The molecular weight excluding hydrogens is 227 g/mol. The number of hydrogen-bond acceptors (Lipinski definition) is 1. The third kappa shape index (κ3) is 2.36. The molecule has 4 heteroatoms. The lowest BCUT2D eigenvalue weighted by molar-refractivity contribution is 0.629. The lowest BCUT2D eigenvalue weighted by atomic mass is 10.1. The van der Waals surface area contributed by atoms with Crippen LogP contribution in [0.15, 0.2) is 24.4 Å². The molecule has 0 spiro atoms. The van der Waals surface area contributed by atoms with E-state index in [4.69, 9.17) is 5.73 Å². The first-order valence-corrected chi connectivity index (χ1v) is 5.07. The van der Waals surface area contributed by atoms with Gasteiger partial charge in [-0.25, -0.2) is 4.39 Å². The SMILES string of the molecule is CC(N)Cc1cn(C)c2ccc(F)cc12.Cl. The number of benzene rings is 1. The highest BCUT2D eigenvalue weighted by molar-refractivity contribution is 5.85. The molecule has 2 nitrogen and oxygen atoms in total. The molecule has 2 rings (SSSR count). The number of fused-ring (bicyclic) bond motifs is 1. The summed E-state index contributed by atoms with van der Waals surface area (Å²) in [4.78, 5) is 0. The van der Waals surface area contributed by atoms with Gasteiger partial charge >= 0.3 is 0 Å². The van der Waals surface area contributed by atoms with Gasteiger partial charge in [-0.1, -0.05) is 0 Å². The number of aryl methyl sites for hydroxylation is 1. The van der Waals surface area contributed by atoms with Gasteiger partial charge in [0.25, 0.3) is 0 Å². The van der Waals surface area contributed by atoms with Gasteiger partial charge in [0.2, 0.25) is 0 Å².